The number of hydrogen-bond donors (Lipinski definition) is 1. The summed E-state index contributed by atoms with van der Waals surface area (Å²) in [4.78, 5) is 0. The molecule has 0 aromatic heterocycles. The van der Waals surface area contributed by atoms with Gasteiger partial charge in [-0.2, -0.15) is 8.42 Å². The Morgan fingerprint density at radius 1 is 1.67 bits per heavy atom. The lowest BCUT2D eigenvalue weighted by Crippen LogP contribution is -2.02. The standard InChI is InChI=1S/C3H6O4S.Al.3H/c1-2-3-7-8(4,5)6;;;;/h2H,1,3H2,(H,4,5,6);;;;. The van der Waals surface area contributed by atoms with E-state index in [1.54, 1.807) is 0 Å². The first-order valence-electron chi connectivity index (χ1n) is 1.79. The van der Waals surface area contributed by atoms with E-state index in [1.165, 1.54) is 6.08 Å². The topological polar surface area (TPSA) is 63.6 Å². The minimum Gasteiger partial charge on any atom is -0.264 e. The molecule has 0 rings (SSSR count). The van der Waals surface area contributed by atoms with Crippen LogP contribution < -0.4 is 0 Å². The van der Waals surface area contributed by atoms with Crippen LogP contribution in [-0.2, 0) is 14.6 Å². The molecular weight excluding hydrogens is 159 g/mol. The second-order valence-electron chi connectivity index (χ2n) is 1.00. The lowest BCUT2D eigenvalue weighted by molar-refractivity contribution is 0.296. The van der Waals surface area contributed by atoms with Gasteiger partial charge in [0.15, 0.2) is 17.4 Å². The van der Waals surface area contributed by atoms with Gasteiger partial charge in [-0.25, -0.2) is 4.18 Å². The summed E-state index contributed by atoms with van der Waals surface area (Å²) in [6.07, 6.45) is 1.22. The second kappa shape index (κ2) is 4.97. The van der Waals surface area contributed by atoms with E-state index in [1.807, 2.05) is 0 Å². The Kier molecular flexibility index (Phi) is 6.56. The van der Waals surface area contributed by atoms with Crippen molar-refractivity contribution in [3.8, 4) is 0 Å². The van der Waals surface area contributed by atoms with Crippen LogP contribution in [0.1, 0.15) is 0 Å². The van der Waals surface area contributed by atoms with Gasteiger partial charge in [0.1, 0.15) is 0 Å². The molecule has 0 aromatic rings. The SMILES string of the molecule is C=CCOS(=O)(=O)O.[AlH3]. The molecule has 0 aliphatic heterocycles. The zero-order chi connectivity index (χ0) is 6.62. The fourth-order valence-electron chi connectivity index (χ4n) is 0.134. The highest BCUT2D eigenvalue weighted by Crippen LogP contribution is 1.83. The maximum absolute atomic E-state index is 9.68. The monoisotopic (exact) mass is 168 g/mol. The third kappa shape index (κ3) is 11.6. The predicted molar refractivity (Wildman–Crippen MR) is 37.6 cm³/mol. The molecule has 0 saturated carbocycles. The first-order valence-corrected chi connectivity index (χ1v) is 3.15. The summed E-state index contributed by atoms with van der Waals surface area (Å²) in [6, 6.07) is 0. The van der Waals surface area contributed by atoms with Crippen molar-refractivity contribution in [3.05, 3.63) is 12.7 Å². The molecule has 0 heterocycles. The molecule has 1 N–H and O–H groups in total. The zero-order valence-electron chi connectivity index (χ0n) is 4.07. The van der Waals surface area contributed by atoms with Gasteiger partial charge in [0.2, 0.25) is 0 Å². The maximum Gasteiger partial charge on any atom is 0.397 e. The zero-order valence-corrected chi connectivity index (χ0v) is 4.89. The summed E-state index contributed by atoms with van der Waals surface area (Å²) >= 11 is 0. The van der Waals surface area contributed by atoms with Crippen molar-refractivity contribution < 1.29 is 17.2 Å². The highest BCUT2D eigenvalue weighted by atomic mass is 32.3. The highest BCUT2D eigenvalue weighted by Gasteiger charge is 1.99. The predicted octanol–water partition coefficient (Wildman–Crippen LogP) is -1.19. The van der Waals surface area contributed by atoms with E-state index in [-0.39, 0.29) is 24.0 Å². The first kappa shape index (κ1) is 11.9. The van der Waals surface area contributed by atoms with Crippen LogP contribution in [0.2, 0.25) is 0 Å². The minimum atomic E-state index is -4.26. The van der Waals surface area contributed by atoms with E-state index in [0.29, 0.717) is 0 Å². The van der Waals surface area contributed by atoms with Crippen LogP contribution in [0.5, 0.6) is 0 Å². The third-order valence-corrected chi connectivity index (χ3v) is 0.769. The second-order valence-corrected chi connectivity index (χ2v) is 2.09. The fraction of sp³-hybridized carbons (Fsp3) is 0.333. The summed E-state index contributed by atoms with van der Waals surface area (Å²) in [5, 5.41) is 0. The molecule has 0 unspecified atom stereocenters. The average molecular weight is 168 g/mol. The smallest absolute Gasteiger partial charge is 0.264 e. The van der Waals surface area contributed by atoms with Crippen molar-refractivity contribution in [2.75, 3.05) is 6.61 Å². The van der Waals surface area contributed by atoms with Gasteiger partial charge in [-0.05, 0) is 0 Å². The summed E-state index contributed by atoms with van der Waals surface area (Å²) in [5.74, 6) is 0. The summed E-state index contributed by atoms with van der Waals surface area (Å²) in [5.41, 5.74) is 0. The van der Waals surface area contributed by atoms with Crippen molar-refractivity contribution in [1.29, 1.82) is 0 Å². The molecule has 6 heteroatoms. The Labute approximate surface area is 64.6 Å². The van der Waals surface area contributed by atoms with Crippen LogP contribution in [0.3, 0.4) is 0 Å². The van der Waals surface area contributed by atoms with Gasteiger partial charge in [-0.3, -0.25) is 4.55 Å². The van der Waals surface area contributed by atoms with Gasteiger partial charge < -0.3 is 0 Å². The normalized spacial score (nSPS) is 9.89. The Hall–Kier alpha value is 0.142. The van der Waals surface area contributed by atoms with E-state index in [4.69, 9.17) is 4.55 Å². The van der Waals surface area contributed by atoms with Crippen LogP contribution in [0.25, 0.3) is 0 Å². The van der Waals surface area contributed by atoms with E-state index < -0.39 is 10.4 Å². The lowest BCUT2D eigenvalue weighted by Gasteiger charge is -1.90. The van der Waals surface area contributed by atoms with Gasteiger partial charge in [-0.1, -0.05) is 6.08 Å². The van der Waals surface area contributed by atoms with Gasteiger partial charge >= 0.3 is 10.4 Å². The Bertz CT molecular complexity index is 161. The summed E-state index contributed by atoms with van der Waals surface area (Å²) in [6.45, 7) is 2.97. The van der Waals surface area contributed by atoms with Crippen LogP contribution >= 0.6 is 0 Å². The quantitative estimate of drug-likeness (QED) is 0.327. The molecule has 0 amide bonds. The molecule has 0 radical (unpaired) electrons. The first-order chi connectivity index (χ1) is 3.56. The average Bonchev–Trinajstić information content (AvgIpc) is 1.59. The van der Waals surface area contributed by atoms with Crippen LogP contribution in [-0.4, -0.2) is 36.9 Å². The van der Waals surface area contributed by atoms with Crippen molar-refractivity contribution >= 4 is 27.8 Å². The van der Waals surface area contributed by atoms with Crippen molar-refractivity contribution in [1.82, 2.24) is 0 Å². The Morgan fingerprint density at radius 3 is 2.22 bits per heavy atom. The van der Waals surface area contributed by atoms with Crippen LogP contribution in [0.15, 0.2) is 12.7 Å². The molecule has 0 aromatic carbocycles. The maximum atomic E-state index is 9.68. The highest BCUT2D eigenvalue weighted by molar-refractivity contribution is 7.80. The van der Waals surface area contributed by atoms with E-state index in [9.17, 15) is 8.42 Å². The Morgan fingerprint density at radius 2 is 2.11 bits per heavy atom. The molecule has 0 spiro atoms. The number of rotatable bonds is 3. The molecular formula is C3H9AlO4S. The third-order valence-electron chi connectivity index (χ3n) is 0.335. The molecule has 0 bridgehead atoms. The fourth-order valence-corrected chi connectivity index (χ4v) is 0.402. The summed E-state index contributed by atoms with van der Waals surface area (Å²) in [7, 11) is -4.26. The molecule has 0 atom stereocenters. The van der Waals surface area contributed by atoms with Gasteiger partial charge in [-0.15, -0.1) is 6.58 Å². The van der Waals surface area contributed by atoms with E-state index >= 15 is 0 Å². The molecule has 0 aliphatic rings. The van der Waals surface area contributed by atoms with Gasteiger partial charge in [0.05, 0.1) is 6.61 Å². The molecule has 54 valence electrons. The molecule has 0 fully saturated rings. The van der Waals surface area contributed by atoms with Crippen molar-refractivity contribution in [2.45, 2.75) is 0 Å². The molecule has 0 saturated heterocycles. The van der Waals surface area contributed by atoms with Crippen LogP contribution in [0, 0.1) is 0 Å². The Balaban J connectivity index is 0. The molecule has 9 heavy (non-hydrogen) atoms. The largest absolute Gasteiger partial charge is 0.397 e. The van der Waals surface area contributed by atoms with Crippen LogP contribution in [0.4, 0.5) is 0 Å². The van der Waals surface area contributed by atoms with E-state index in [0.717, 1.165) is 0 Å². The molecule has 0 aliphatic carbocycles. The van der Waals surface area contributed by atoms with E-state index in [2.05, 4.69) is 10.8 Å². The molecule has 4 nitrogen and oxygen atoms in total. The summed E-state index contributed by atoms with van der Waals surface area (Å²) < 4.78 is 31.0. The van der Waals surface area contributed by atoms with Gasteiger partial charge in [0.25, 0.3) is 0 Å². The van der Waals surface area contributed by atoms with Crippen molar-refractivity contribution in [2.24, 2.45) is 0 Å². The number of hydrogen-bond acceptors (Lipinski definition) is 3. The minimum absolute atomic E-state index is 0. The van der Waals surface area contributed by atoms with Gasteiger partial charge in [0, 0.05) is 0 Å². The van der Waals surface area contributed by atoms with Crippen molar-refractivity contribution in [3.63, 3.8) is 0 Å². The lowest BCUT2D eigenvalue weighted by atomic mass is 10.7.